The van der Waals surface area contributed by atoms with Gasteiger partial charge in [0.1, 0.15) is 13.2 Å². The molecule has 0 saturated heterocycles. The number of hydrogen-bond acceptors (Lipinski definition) is 5. The molecule has 0 spiro atoms. The molecule has 0 amide bonds. The van der Waals surface area contributed by atoms with Crippen molar-refractivity contribution in [3.63, 3.8) is 0 Å². The normalized spacial score (nSPS) is 14.2. The smallest absolute Gasteiger partial charge is 0.255 e. The number of carbonyl (C=O) groups excluding carboxylic acids is 1. The van der Waals surface area contributed by atoms with E-state index in [9.17, 15) is 9.59 Å². The zero-order chi connectivity index (χ0) is 18.3. The highest BCUT2D eigenvalue weighted by Gasteiger charge is 2.26. The first kappa shape index (κ1) is 16.4. The number of nitrogens with two attached hydrogens (primary N) is 1. The van der Waals surface area contributed by atoms with Crippen molar-refractivity contribution in [1.29, 1.82) is 0 Å². The average molecular weight is 350 g/mol. The maximum atomic E-state index is 13.2. The van der Waals surface area contributed by atoms with E-state index in [2.05, 4.69) is 4.98 Å². The van der Waals surface area contributed by atoms with Gasteiger partial charge >= 0.3 is 0 Å². The number of aromatic nitrogens is 1. The number of nitrogens with one attached hydrogen (secondary N) is 1. The average Bonchev–Trinajstić information content (AvgIpc) is 2.66. The van der Waals surface area contributed by atoms with Gasteiger partial charge in [-0.2, -0.15) is 0 Å². The molecule has 4 rings (SSSR count). The van der Waals surface area contributed by atoms with Gasteiger partial charge in [0.05, 0.1) is 5.56 Å². The predicted molar refractivity (Wildman–Crippen MR) is 98.0 cm³/mol. The monoisotopic (exact) mass is 350 g/mol. The van der Waals surface area contributed by atoms with Crippen LogP contribution in [0.15, 0.2) is 47.4 Å². The molecule has 6 heteroatoms. The van der Waals surface area contributed by atoms with Gasteiger partial charge < -0.3 is 20.2 Å². The van der Waals surface area contributed by atoms with Crippen molar-refractivity contribution in [3.05, 3.63) is 69.6 Å². The molecule has 2 heterocycles. The SMILES string of the molecule is CC(N)c1ccc(C(=O)c2cccc3c(=O)[nH]ccc23)c2c1OCCO2. The molecule has 0 bridgehead atoms. The second-order valence-corrected chi connectivity index (χ2v) is 6.25. The molecule has 0 fully saturated rings. The summed E-state index contributed by atoms with van der Waals surface area (Å²) in [5.74, 6) is 0.715. The number of rotatable bonds is 3. The van der Waals surface area contributed by atoms with E-state index < -0.39 is 0 Å². The van der Waals surface area contributed by atoms with Crippen molar-refractivity contribution >= 4 is 16.6 Å². The molecule has 1 aromatic heterocycles. The third kappa shape index (κ3) is 2.55. The van der Waals surface area contributed by atoms with Crippen molar-refractivity contribution in [2.45, 2.75) is 13.0 Å². The Bertz CT molecular complexity index is 1070. The summed E-state index contributed by atoms with van der Waals surface area (Å²) in [4.78, 5) is 27.9. The van der Waals surface area contributed by atoms with Crippen LogP contribution >= 0.6 is 0 Å². The minimum atomic E-state index is -0.245. The molecule has 2 aromatic carbocycles. The van der Waals surface area contributed by atoms with Crippen LogP contribution in [-0.2, 0) is 0 Å². The number of hydrogen-bond donors (Lipinski definition) is 2. The van der Waals surface area contributed by atoms with Crippen molar-refractivity contribution in [1.82, 2.24) is 4.98 Å². The molecule has 0 radical (unpaired) electrons. The molecule has 3 N–H and O–H groups in total. The number of ketones is 1. The van der Waals surface area contributed by atoms with Crippen LogP contribution < -0.4 is 20.8 Å². The Kier molecular flexibility index (Phi) is 3.97. The Balaban J connectivity index is 1.91. The zero-order valence-electron chi connectivity index (χ0n) is 14.2. The van der Waals surface area contributed by atoms with Crippen molar-refractivity contribution in [3.8, 4) is 11.5 Å². The quantitative estimate of drug-likeness (QED) is 0.708. The van der Waals surface area contributed by atoms with E-state index in [0.29, 0.717) is 46.6 Å². The highest BCUT2D eigenvalue weighted by Crippen LogP contribution is 2.40. The minimum absolute atomic E-state index is 0.223. The third-order valence-electron chi connectivity index (χ3n) is 4.51. The second kappa shape index (κ2) is 6.31. The van der Waals surface area contributed by atoms with Crippen molar-refractivity contribution < 1.29 is 14.3 Å². The Morgan fingerprint density at radius 3 is 2.58 bits per heavy atom. The summed E-state index contributed by atoms with van der Waals surface area (Å²) in [6.07, 6.45) is 1.54. The molecule has 0 aliphatic carbocycles. The lowest BCUT2D eigenvalue weighted by Crippen LogP contribution is -2.21. The zero-order valence-corrected chi connectivity index (χ0v) is 14.2. The van der Waals surface area contributed by atoms with E-state index in [1.165, 1.54) is 6.20 Å². The van der Waals surface area contributed by atoms with E-state index in [0.717, 1.165) is 5.56 Å². The van der Waals surface area contributed by atoms with Crippen LogP contribution in [-0.4, -0.2) is 24.0 Å². The number of aromatic amines is 1. The molecule has 1 atom stereocenters. The number of benzene rings is 2. The lowest BCUT2D eigenvalue weighted by molar-refractivity contribution is 0.102. The van der Waals surface area contributed by atoms with Gasteiger partial charge in [0.15, 0.2) is 17.3 Å². The Morgan fingerprint density at radius 2 is 1.81 bits per heavy atom. The molecule has 1 aliphatic heterocycles. The topological polar surface area (TPSA) is 94.4 Å². The van der Waals surface area contributed by atoms with E-state index in [1.54, 1.807) is 36.4 Å². The number of pyridine rings is 1. The summed E-state index contributed by atoms with van der Waals surface area (Å²) in [6.45, 7) is 2.63. The highest BCUT2D eigenvalue weighted by atomic mass is 16.6. The molecule has 1 unspecified atom stereocenters. The van der Waals surface area contributed by atoms with Crippen molar-refractivity contribution in [2.24, 2.45) is 5.73 Å². The molecule has 3 aromatic rings. The predicted octanol–water partition coefficient (Wildman–Crippen LogP) is 2.55. The van der Waals surface area contributed by atoms with Gasteiger partial charge in [-0.25, -0.2) is 0 Å². The number of H-pyrrole nitrogens is 1. The van der Waals surface area contributed by atoms with Gasteiger partial charge in [0, 0.05) is 28.8 Å². The maximum Gasteiger partial charge on any atom is 0.255 e. The van der Waals surface area contributed by atoms with Crippen LogP contribution in [0.2, 0.25) is 0 Å². The van der Waals surface area contributed by atoms with Gasteiger partial charge in [-0.3, -0.25) is 9.59 Å². The Labute approximate surface area is 149 Å². The summed E-state index contributed by atoms with van der Waals surface area (Å²) in [5.41, 5.74) is 7.42. The Hall–Kier alpha value is -3.12. The first-order chi connectivity index (χ1) is 12.6. The lowest BCUT2D eigenvalue weighted by atomic mass is 9.95. The van der Waals surface area contributed by atoms with Gasteiger partial charge in [0.2, 0.25) is 0 Å². The molecule has 1 aliphatic rings. The molecule has 6 nitrogen and oxygen atoms in total. The summed E-state index contributed by atoms with van der Waals surface area (Å²) in [7, 11) is 0. The molecular weight excluding hydrogens is 332 g/mol. The van der Waals surface area contributed by atoms with Crippen LogP contribution in [0.25, 0.3) is 10.8 Å². The number of ether oxygens (including phenoxy) is 2. The summed E-state index contributed by atoms with van der Waals surface area (Å²) in [5, 5.41) is 1.07. The molecule has 0 saturated carbocycles. The first-order valence-corrected chi connectivity index (χ1v) is 8.41. The molecule has 26 heavy (non-hydrogen) atoms. The summed E-state index contributed by atoms with van der Waals surface area (Å²) < 4.78 is 11.5. The van der Waals surface area contributed by atoms with Crippen LogP contribution in [0.3, 0.4) is 0 Å². The van der Waals surface area contributed by atoms with Crippen molar-refractivity contribution in [2.75, 3.05) is 13.2 Å². The van der Waals surface area contributed by atoms with Crippen LogP contribution in [0.1, 0.15) is 34.5 Å². The van der Waals surface area contributed by atoms with E-state index in [4.69, 9.17) is 15.2 Å². The largest absolute Gasteiger partial charge is 0.486 e. The fraction of sp³-hybridized carbons (Fsp3) is 0.200. The standard InChI is InChI=1S/C20H18N2O4/c1-11(21)12-5-6-16(19-18(12)25-9-10-26-19)17(23)14-3-2-4-15-13(14)7-8-22-20(15)24/h2-8,11H,9-10,21H2,1H3,(H,22,24). The molecule has 132 valence electrons. The van der Waals surface area contributed by atoms with Gasteiger partial charge in [-0.15, -0.1) is 0 Å². The summed E-state index contributed by atoms with van der Waals surface area (Å²) in [6, 6.07) is 10.1. The third-order valence-corrected chi connectivity index (χ3v) is 4.51. The number of carbonyl (C=O) groups is 1. The van der Waals surface area contributed by atoms with Crippen LogP contribution in [0.4, 0.5) is 0 Å². The minimum Gasteiger partial charge on any atom is -0.486 e. The Morgan fingerprint density at radius 1 is 1.04 bits per heavy atom. The van der Waals surface area contributed by atoms with Gasteiger partial charge in [0.25, 0.3) is 5.56 Å². The molecular formula is C20H18N2O4. The number of fused-ring (bicyclic) bond motifs is 2. The van der Waals surface area contributed by atoms with Crippen LogP contribution in [0, 0.1) is 0 Å². The fourth-order valence-corrected chi connectivity index (χ4v) is 3.26. The van der Waals surface area contributed by atoms with Crippen LogP contribution in [0.5, 0.6) is 11.5 Å². The highest BCUT2D eigenvalue weighted by molar-refractivity contribution is 6.17. The second-order valence-electron chi connectivity index (χ2n) is 6.25. The van der Waals surface area contributed by atoms with E-state index in [1.807, 2.05) is 6.92 Å². The fourth-order valence-electron chi connectivity index (χ4n) is 3.26. The van der Waals surface area contributed by atoms with Gasteiger partial charge in [-0.05, 0) is 30.5 Å². The first-order valence-electron chi connectivity index (χ1n) is 8.41. The van der Waals surface area contributed by atoms with Gasteiger partial charge in [-0.1, -0.05) is 18.2 Å². The van der Waals surface area contributed by atoms with E-state index in [-0.39, 0.29) is 17.4 Å². The maximum absolute atomic E-state index is 13.2. The summed E-state index contributed by atoms with van der Waals surface area (Å²) >= 11 is 0. The van der Waals surface area contributed by atoms with E-state index >= 15 is 0 Å². The lowest BCUT2D eigenvalue weighted by Gasteiger charge is -2.24.